The van der Waals surface area contributed by atoms with E-state index >= 15 is 0 Å². The SMILES string of the molecule is O=C(OCCCN=C1NS(=O)(=O)c2ccccc21)[C@@H]1CC(=O)N(c2cccc([N+](=O)[O-])c2)C1. The molecule has 2 aliphatic heterocycles. The van der Waals surface area contributed by atoms with Gasteiger partial charge >= 0.3 is 5.97 Å². The summed E-state index contributed by atoms with van der Waals surface area (Å²) >= 11 is 0. The average molecular weight is 472 g/mol. The van der Waals surface area contributed by atoms with Crippen molar-refractivity contribution in [1.82, 2.24) is 4.72 Å². The van der Waals surface area contributed by atoms with Crippen LogP contribution in [0, 0.1) is 16.0 Å². The summed E-state index contributed by atoms with van der Waals surface area (Å²) in [5, 5.41) is 11.0. The number of amidine groups is 1. The maximum atomic E-state index is 12.4. The molecular weight excluding hydrogens is 452 g/mol. The fourth-order valence-corrected chi connectivity index (χ4v) is 4.94. The number of ether oxygens (including phenoxy) is 1. The van der Waals surface area contributed by atoms with Gasteiger partial charge in [0.15, 0.2) is 0 Å². The van der Waals surface area contributed by atoms with E-state index in [2.05, 4.69) is 9.71 Å². The minimum atomic E-state index is -3.60. The second-order valence-corrected chi connectivity index (χ2v) is 9.19. The molecule has 1 atom stereocenters. The lowest BCUT2D eigenvalue weighted by Crippen LogP contribution is -2.26. The van der Waals surface area contributed by atoms with Crippen LogP contribution in [-0.2, 0) is 24.3 Å². The third-order valence-corrected chi connectivity index (χ3v) is 6.69. The zero-order chi connectivity index (χ0) is 23.6. The number of rotatable bonds is 7. The molecule has 172 valence electrons. The van der Waals surface area contributed by atoms with E-state index in [9.17, 15) is 28.1 Å². The number of nitro benzene ring substituents is 1. The molecule has 0 aliphatic carbocycles. The van der Waals surface area contributed by atoms with Crippen LogP contribution >= 0.6 is 0 Å². The summed E-state index contributed by atoms with van der Waals surface area (Å²) in [6.45, 7) is 0.383. The summed E-state index contributed by atoms with van der Waals surface area (Å²) in [5.74, 6) is -1.26. The standard InChI is InChI=1S/C21H20N4O7S/c26-19-11-14(13-24(19)15-5-3-6-16(12-15)25(28)29)21(27)32-10-4-9-22-20-17-7-1-2-8-18(17)33(30,31)23-20/h1-3,5-8,12,14H,4,9-11,13H2,(H,22,23)/t14-/m1/s1. The maximum absolute atomic E-state index is 12.4. The van der Waals surface area contributed by atoms with Crippen molar-refractivity contribution >= 4 is 39.1 Å². The van der Waals surface area contributed by atoms with E-state index < -0.39 is 26.8 Å². The topological polar surface area (TPSA) is 148 Å². The van der Waals surface area contributed by atoms with Crippen LogP contribution in [0.3, 0.4) is 0 Å². The largest absolute Gasteiger partial charge is 0.465 e. The Bertz CT molecular complexity index is 1260. The molecule has 0 radical (unpaired) electrons. The van der Waals surface area contributed by atoms with Gasteiger partial charge in [-0.05, 0) is 18.2 Å². The molecule has 1 fully saturated rings. The second kappa shape index (κ2) is 8.98. The first kappa shape index (κ1) is 22.4. The molecule has 12 heteroatoms. The highest BCUT2D eigenvalue weighted by atomic mass is 32.2. The molecule has 2 heterocycles. The fourth-order valence-electron chi connectivity index (χ4n) is 3.69. The molecule has 0 bridgehead atoms. The molecule has 4 rings (SSSR count). The minimum Gasteiger partial charge on any atom is -0.465 e. The van der Waals surface area contributed by atoms with Gasteiger partial charge in [-0.1, -0.05) is 18.2 Å². The summed E-state index contributed by atoms with van der Waals surface area (Å²) in [6.07, 6.45) is 0.330. The fraction of sp³-hybridized carbons (Fsp3) is 0.286. The van der Waals surface area contributed by atoms with Crippen molar-refractivity contribution in [2.75, 3.05) is 24.6 Å². The lowest BCUT2D eigenvalue weighted by molar-refractivity contribution is -0.384. The predicted molar refractivity (Wildman–Crippen MR) is 117 cm³/mol. The summed E-state index contributed by atoms with van der Waals surface area (Å²) < 4.78 is 31.8. The first-order valence-electron chi connectivity index (χ1n) is 10.1. The number of non-ortho nitro benzene ring substituents is 1. The molecule has 1 saturated heterocycles. The van der Waals surface area contributed by atoms with Gasteiger partial charge in [0.05, 0.1) is 28.0 Å². The molecule has 1 N–H and O–H groups in total. The molecule has 1 amide bonds. The molecule has 0 unspecified atom stereocenters. The van der Waals surface area contributed by atoms with Crippen LogP contribution in [0.25, 0.3) is 0 Å². The van der Waals surface area contributed by atoms with E-state index in [0.29, 0.717) is 17.7 Å². The molecule has 2 aromatic carbocycles. The van der Waals surface area contributed by atoms with Gasteiger partial charge in [0.25, 0.3) is 15.7 Å². The van der Waals surface area contributed by atoms with E-state index in [1.807, 2.05) is 0 Å². The third kappa shape index (κ3) is 4.70. The van der Waals surface area contributed by atoms with Crippen molar-refractivity contribution in [1.29, 1.82) is 0 Å². The number of amides is 1. The van der Waals surface area contributed by atoms with Crippen LogP contribution in [0.2, 0.25) is 0 Å². The number of hydrogen-bond donors (Lipinski definition) is 1. The molecule has 0 aromatic heterocycles. The number of benzene rings is 2. The van der Waals surface area contributed by atoms with Gasteiger partial charge in [0.2, 0.25) is 5.91 Å². The van der Waals surface area contributed by atoms with Crippen LogP contribution in [0.1, 0.15) is 18.4 Å². The number of anilines is 1. The van der Waals surface area contributed by atoms with Gasteiger partial charge in [-0.3, -0.25) is 29.4 Å². The highest BCUT2D eigenvalue weighted by molar-refractivity contribution is 7.90. The summed E-state index contributed by atoms with van der Waals surface area (Å²) in [4.78, 5) is 40.9. The lowest BCUT2D eigenvalue weighted by atomic mass is 10.1. The average Bonchev–Trinajstić information content (AvgIpc) is 3.31. The quantitative estimate of drug-likeness (QED) is 0.279. The van der Waals surface area contributed by atoms with E-state index in [1.54, 1.807) is 24.3 Å². The van der Waals surface area contributed by atoms with E-state index in [-0.39, 0.29) is 48.4 Å². The lowest BCUT2D eigenvalue weighted by Gasteiger charge is -2.16. The number of carbonyl (C=O) groups excluding carboxylic acids is 2. The van der Waals surface area contributed by atoms with Crippen LogP contribution in [0.4, 0.5) is 11.4 Å². The zero-order valence-electron chi connectivity index (χ0n) is 17.3. The Morgan fingerprint density at radius 3 is 2.82 bits per heavy atom. The summed E-state index contributed by atoms with van der Waals surface area (Å²) in [6, 6.07) is 12.2. The predicted octanol–water partition coefficient (Wildman–Crippen LogP) is 1.62. The van der Waals surface area contributed by atoms with Crippen LogP contribution in [0.5, 0.6) is 0 Å². The minimum absolute atomic E-state index is 0.0393. The zero-order valence-corrected chi connectivity index (χ0v) is 18.2. The number of nitrogens with one attached hydrogen (secondary N) is 1. The first-order valence-corrected chi connectivity index (χ1v) is 11.6. The number of carbonyl (C=O) groups is 2. The van der Waals surface area contributed by atoms with E-state index in [0.717, 1.165) is 0 Å². The molecule has 2 aliphatic rings. The molecule has 2 aromatic rings. The Labute approximate surface area is 189 Å². The highest BCUT2D eigenvalue weighted by Gasteiger charge is 2.36. The number of nitrogens with zero attached hydrogens (tertiary/aromatic N) is 3. The number of hydrogen-bond acceptors (Lipinski definition) is 8. The van der Waals surface area contributed by atoms with Gasteiger partial charge in [-0.15, -0.1) is 0 Å². The Balaban J connectivity index is 1.28. The van der Waals surface area contributed by atoms with Crippen LogP contribution in [-0.4, -0.2) is 50.7 Å². The first-order chi connectivity index (χ1) is 15.8. The molecule has 33 heavy (non-hydrogen) atoms. The third-order valence-electron chi connectivity index (χ3n) is 5.29. The molecular formula is C21H20N4O7S. The number of fused-ring (bicyclic) bond motifs is 1. The molecule has 11 nitrogen and oxygen atoms in total. The smallest absolute Gasteiger partial charge is 0.311 e. The van der Waals surface area contributed by atoms with Crippen molar-refractivity contribution in [3.05, 3.63) is 64.2 Å². The van der Waals surface area contributed by atoms with Crippen molar-refractivity contribution in [2.45, 2.75) is 17.7 Å². The Morgan fingerprint density at radius 2 is 2.03 bits per heavy atom. The maximum Gasteiger partial charge on any atom is 0.311 e. The number of esters is 1. The van der Waals surface area contributed by atoms with E-state index in [1.165, 1.54) is 29.2 Å². The monoisotopic (exact) mass is 472 g/mol. The molecule has 0 saturated carbocycles. The van der Waals surface area contributed by atoms with Crippen molar-refractivity contribution in [3.63, 3.8) is 0 Å². The summed E-state index contributed by atoms with van der Waals surface area (Å²) in [7, 11) is -3.60. The Hall–Kier alpha value is -3.80. The number of sulfonamides is 1. The van der Waals surface area contributed by atoms with Crippen molar-refractivity contribution in [3.8, 4) is 0 Å². The molecule has 0 spiro atoms. The van der Waals surface area contributed by atoms with Crippen LogP contribution in [0.15, 0.2) is 58.4 Å². The highest BCUT2D eigenvalue weighted by Crippen LogP contribution is 2.28. The second-order valence-electron chi connectivity index (χ2n) is 7.54. The van der Waals surface area contributed by atoms with Crippen LogP contribution < -0.4 is 9.62 Å². The van der Waals surface area contributed by atoms with Gasteiger partial charge in [-0.25, -0.2) is 8.42 Å². The van der Waals surface area contributed by atoms with Gasteiger partial charge < -0.3 is 9.64 Å². The van der Waals surface area contributed by atoms with Crippen molar-refractivity contribution < 1.29 is 27.7 Å². The number of nitro groups is 1. The Kier molecular flexibility index (Phi) is 6.09. The van der Waals surface area contributed by atoms with Gasteiger partial charge in [0, 0.05) is 43.6 Å². The van der Waals surface area contributed by atoms with Crippen molar-refractivity contribution in [2.24, 2.45) is 10.9 Å². The summed E-state index contributed by atoms with van der Waals surface area (Å²) in [5.41, 5.74) is 0.722. The van der Waals surface area contributed by atoms with Gasteiger partial charge in [0.1, 0.15) is 5.84 Å². The number of aliphatic imine (C=N–C) groups is 1. The Morgan fingerprint density at radius 1 is 1.24 bits per heavy atom. The normalized spacial score (nSPS) is 19.9. The van der Waals surface area contributed by atoms with Gasteiger partial charge in [-0.2, -0.15) is 0 Å². The van der Waals surface area contributed by atoms with E-state index in [4.69, 9.17) is 4.74 Å².